The van der Waals surface area contributed by atoms with Crippen LogP contribution in [0.2, 0.25) is 0 Å². The summed E-state index contributed by atoms with van der Waals surface area (Å²) < 4.78 is 0. The van der Waals surface area contributed by atoms with E-state index in [0.717, 1.165) is 23.5 Å². The number of aryl methyl sites for hydroxylation is 2. The van der Waals surface area contributed by atoms with Gasteiger partial charge in [-0.2, -0.15) is 0 Å². The number of aromatic nitrogens is 2. The highest BCUT2D eigenvalue weighted by Crippen LogP contribution is 2.25. The van der Waals surface area contributed by atoms with Gasteiger partial charge in [-0.05, 0) is 31.9 Å². The van der Waals surface area contributed by atoms with Gasteiger partial charge in [0.15, 0.2) is 0 Å². The Morgan fingerprint density at radius 2 is 1.89 bits per heavy atom. The van der Waals surface area contributed by atoms with Gasteiger partial charge >= 0.3 is 0 Å². The highest BCUT2D eigenvalue weighted by molar-refractivity contribution is 5.66. The van der Waals surface area contributed by atoms with Gasteiger partial charge in [0.2, 0.25) is 0 Å². The second-order valence-corrected chi connectivity index (χ2v) is 4.49. The van der Waals surface area contributed by atoms with Crippen LogP contribution in [0.4, 0.5) is 17.3 Å². The van der Waals surface area contributed by atoms with Crippen molar-refractivity contribution in [2.45, 2.75) is 27.2 Å². The lowest BCUT2D eigenvalue weighted by Gasteiger charge is -2.14. The zero-order chi connectivity index (χ0) is 13.8. The van der Waals surface area contributed by atoms with Crippen LogP contribution in [0, 0.1) is 13.8 Å². The lowest BCUT2D eigenvalue weighted by atomic mass is 10.1. The Balaban J connectivity index is 2.37. The Kier molecular flexibility index (Phi) is 3.97. The highest BCUT2D eigenvalue weighted by Gasteiger charge is 2.09. The van der Waals surface area contributed by atoms with Crippen molar-refractivity contribution in [1.82, 2.24) is 9.97 Å². The van der Waals surface area contributed by atoms with Crippen molar-refractivity contribution in [3.63, 3.8) is 0 Å². The number of hydrogen-bond donors (Lipinski definition) is 3. The average molecular weight is 257 g/mol. The second-order valence-electron chi connectivity index (χ2n) is 4.49. The van der Waals surface area contributed by atoms with Crippen LogP contribution in [-0.2, 0) is 6.42 Å². The molecule has 1 aromatic heterocycles. The van der Waals surface area contributed by atoms with Crippen molar-refractivity contribution in [2.75, 3.05) is 10.7 Å². The molecule has 0 spiro atoms. The summed E-state index contributed by atoms with van der Waals surface area (Å²) >= 11 is 0. The molecule has 2 aromatic rings. The molecule has 100 valence electrons. The number of rotatable bonds is 4. The normalized spacial score (nSPS) is 10.3. The Morgan fingerprint density at radius 3 is 2.53 bits per heavy atom. The predicted molar refractivity (Wildman–Crippen MR) is 78.4 cm³/mol. The molecule has 0 aliphatic rings. The van der Waals surface area contributed by atoms with Gasteiger partial charge in [0, 0.05) is 11.3 Å². The van der Waals surface area contributed by atoms with Gasteiger partial charge in [0.25, 0.3) is 0 Å². The Labute approximate surface area is 113 Å². The molecule has 0 amide bonds. The number of nitrogens with two attached hydrogens (primary N) is 1. The summed E-state index contributed by atoms with van der Waals surface area (Å²) in [5.74, 6) is 6.92. The van der Waals surface area contributed by atoms with Crippen molar-refractivity contribution in [2.24, 2.45) is 5.84 Å². The fourth-order valence-electron chi connectivity index (χ4n) is 2.06. The standard InChI is InChI=1S/C14H19N5/c1-4-11-13(16-8-17-14(11)19-15)18-12-6-5-9(2)7-10(12)3/h5-8H,4,15H2,1-3H3,(H2,16,17,18,19). The van der Waals surface area contributed by atoms with E-state index in [1.54, 1.807) is 0 Å². The fraction of sp³-hybridized carbons (Fsp3) is 0.286. The van der Waals surface area contributed by atoms with Crippen LogP contribution in [0.15, 0.2) is 24.5 Å². The summed E-state index contributed by atoms with van der Waals surface area (Å²) in [6.07, 6.45) is 2.30. The van der Waals surface area contributed by atoms with E-state index in [0.29, 0.717) is 5.82 Å². The van der Waals surface area contributed by atoms with Crippen LogP contribution in [0.25, 0.3) is 0 Å². The third-order valence-electron chi connectivity index (χ3n) is 3.07. The van der Waals surface area contributed by atoms with Crippen LogP contribution in [0.5, 0.6) is 0 Å². The average Bonchev–Trinajstić information content (AvgIpc) is 2.41. The number of nitrogens with one attached hydrogen (secondary N) is 2. The first-order valence-corrected chi connectivity index (χ1v) is 6.30. The van der Waals surface area contributed by atoms with E-state index in [-0.39, 0.29) is 0 Å². The monoisotopic (exact) mass is 257 g/mol. The molecule has 19 heavy (non-hydrogen) atoms. The maximum absolute atomic E-state index is 5.47. The molecule has 0 bridgehead atoms. The molecule has 0 saturated heterocycles. The molecule has 5 heteroatoms. The second kappa shape index (κ2) is 5.67. The van der Waals surface area contributed by atoms with E-state index in [4.69, 9.17) is 5.84 Å². The topological polar surface area (TPSA) is 75.9 Å². The summed E-state index contributed by atoms with van der Waals surface area (Å²) in [4.78, 5) is 8.42. The van der Waals surface area contributed by atoms with Crippen molar-refractivity contribution in [3.05, 3.63) is 41.2 Å². The SMILES string of the molecule is CCc1c(NN)ncnc1Nc1ccc(C)cc1C. The molecule has 4 N–H and O–H groups in total. The molecule has 0 unspecified atom stereocenters. The lowest BCUT2D eigenvalue weighted by molar-refractivity contribution is 1.04. The molecule has 5 nitrogen and oxygen atoms in total. The minimum absolute atomic E-state index is 0.657. The summed E-state index contributed by atoms with van der Waals surface area (Å²) in [6.45, 7) is 6.20. The smallest absolute Gasteiger partial charge is 0.148 e. The first-order valence-electron chi connectivity index (χ1n) is 6.30. The van der Waals surface area contributed by atoms with Crippen LogP contribution in [0.3, 0.4) is 0 Å². The van der Waals surface area contributed by atoms with E-state index in [1.165, 1.54) is 17.5 Å². The highest BCUT2D eigenvalue weighted by atomic mass is 15.3. The van der Waals surface area contributed by atoms with Gasteiger partial charge in [0.05, 0.1) is 0 Å². The van der Waals surface area contributed by atoms with Crippen molar-refractivity contribution < 1.29 is 0 Å². The zero-order valence-corrected chi connectivity index (χ0v) is 11.5. The molecule has 0 fully saturated rings. The van der Waals surface area contributed by atoms with E-state index < -0.39 is 0 Å². The summed E-state index contributed by atoms with van der Waals surface area (Å²) in [5.41, 5.74) is 7.05. The first-order chi connectivity index (χ1) is 9.15. The Morgan fingerprint density at radius 1 is 1.16 bits per heavy atom. The van der Waals surface area contributed by atoms with Gasteiger partial charge < -0.3 is 10.7 Å². The predicted octanol–water partition coefficient (Wildman–Crippen LogP) is 2.69. The summed E-state index contributed by atoms with van der Waals surface area (Å²) in [7, 11) is 0. The number of benzene rings is 1. The minimum Gasteiger partial charge on any atom is -0.340 e. The van der Waals surface area contributed by atoms with Gasteiger partial charge in [0.1, 0.15) is 18.0 Å². The lowest BCUT2D eigenvalue weighted by Crippen LogP contribution is -2.13. The molecule has 2 rings (SSSR count). The molecular formula is C14H19N5. The molecule has 0 aliphatic heterocycles. The van der Waals surface area contributed by atoms with Gasteiger partial charge in [-0.1, -0.05) is 24.6 Å². The third kappa shape index (κ3) is 2.82. The van der Waals surface area contributed by atoms with Crippen molar-refractivity contribution in [3.8, 4) is 0 Å². The molecule has 1 heterocycles. The van der Waals surface area contributed by atoms with Crippen molar-refractivity contribution in [1.29, 1.82) is 0 Å². The van der Waals surface area contributed by atoms with Gasteiger partial charge in [-0.15, -0.1) is 0 Å². The van der Waals surface area contributed by atoms with E-state index in [9.17, 15) is 0 Å². The Bertz CT molecular complexity index is 580. The number of hydrogen-bond acceptors (Lipinski definition) is 5. The molecule has 0 saturated carbocycles. The largest absolute Gasteiger partial charge is 0.340 e. The molecule has 1 aromatic carbocycles. The zero-order valence-electron chi connectivity index (χ0n) is 11.5. The molecule has 0 aliphatic carbocycles. The van der Waals surface area contributed by atoms with Crippen molar-refractivity contribution >= 4 is 17.3 Å². The summed E-state index contributed by atoms with van der Waals surface area (Å²) in [5, 5.41) is 3.35. The van der Waals surface area contributed by atoms with Crippen LogP contribution in [-0.4, -0.2) is 9.97 Å². The molecule has 0 atom stereocenters. The van der Waals surface area contributed by atoms with Gasteiger partial charge in [-0.25, -0.2) is 15.8 Å². The maximum atomic E-state index is 5.47. The van der Waals surface area contributed by atoms with Crippen LogP contribution < -0.4 is 16.6 Å². The molecule has 0 radical (unpaired) electrons. The number of nitrogen functional groups attached to an aromatic ring is 1. The van der Waals surface area contributed by atoms with Crippen LogP contribution >= 0.6 is 0 Å². The van der Waals surface area contributed by atoms with Crippen LogP contribution in [0.1, 0.15) is 23.6 Å². The summed E-state index contributed by atoms with van der Waals surface area (Å²) in [6, 6.07) is 6.27. The minimum atomic E-state index is 0.657. The first kappa shape index (κ1) is 13.3. The number of anilines is 3. The number of nitrogens with zero attached hydrogens (tertiary/aromatic N) is 2. The third-order valence-corrected chi connectivity index (χ3v) is 3.07. The van der Waals surface area contributed by atoms with E-state index in [1.807, 2.05) is 6.92 Å². The Hall–Kier alpha value is -2.14. The fourth-order valence-corrected chi connectivity index (χ4v) is 2.06. The number of hydrazine groups is 1. The maximum Gasteiger partial charge on any atom is 0.148 e. The van der Waals surface area contributed by atoms with E-state index in [2.05, 4.69) is 52.8 Å². The molecular weight excluding hydrogens is 238 g/mol. The quantitative estimate of drug-likeness (QED) is 0.580. The van der Waals surface area contributed by atoms with Gasteiger partial charge in [-0.3, -0.25) is 0 Å². The van der Waals surface area contributed by atoms with E-state index >= 15 is 0 Å².